The number of carbonyl (C=O) groups is 1. The van der Waals surface area contributed by atoms with Crippen LogP contribution in [0.1, 0.15) is 21.5 Å². The van der Waals surface area contributed by atoms with E-state index >= 15 is 0 Å². The topological polar surface area (TPSA) is 100 Å². The number of nitrogens with zero attached hydrogens (tertiary/aromatic N) is 4. The van der Waals surface area contributed by atoms with E-state index in [0.717, 1.165) is 5.56 Å². The van der Waals surface area contributed by atoms with Crippen LogP contribution >= 0.6 is 0 Å². The van der Waals surface area contributed by atoms with Crippen LogP contribution in [0.15, 0.2) is 55.1 Å². The SMILES string of the molecule is Cc1cc(OC(=O)c2ccc(Cn3cncn3)cc2)ccc1[N+](=O)[O-]. The van der Waals surface area contributed by atoms with Crippen molar-refractivity contribution in [2.45, 2.75) is 13.5 Å². The van der Waals surface area contributed by atoms with Crippen molar-refractivity contribution in [3.8, 4) is 5.75 Å². The lowest BCUT2D eigenvalue weighted by Crippen LogP contribution is -2.09. The molecule has 2 aromatic carbocycles. The second-order valence-electron chi connectivity index (χ2n) is 5.38. The van der Waals surface area contributed by atoms with Crippen LogP contribution < -0.4 is 4.74 Å². The largest absolute Gasteiger partial charge is 0.423 e. The molecule has 1 heterocycles. The molecule has 0 aliphatic carbocycles. The first kappa shape index (κ1) is 16.3. The Morgan fingerprint density at radius 3 is 2.60 bits per heavy atom. The van der Waals surface area contributed by atoms with E-state index in [0.29, 0.717) is 17.7 Å². The van der Waals surface area contributed by atoms with Crippen LogP contribution in [0.4, 0.5) is 5.69 Å². The van der Waals surface area contributed by atoms with Crippen molar-refractivity contribution in [1.29, 1.82) is 0 Å². The first-order chi connectivity index (χ1) is 12.0. The van der Waals surface area contributed by atoms with Gasteiger partial charge < -0.3 is 4.74 Å². The van der Waals surface area contributed by atoms with E-state index < -0.39 is 10.9 Å². The Bertz CT molecular complexity index is 905. The molecule has 0 unspecified atom stereocenters. The van der Waals surface area contributed by atoms with Crippen LogP contribution in [0.3, 0.4) is 0 Å². The summed E-state index contributed by atoms with van der Waals surface area (Å²) in [6.45, 7) is 2.14. The van der Waals surface area contributed by atoms with Gasteiger partial charge in [0, 0.05) is 11.6 Å². The summed E-state index contributed by atoms with van der Waals surface area (Å²) in [4.78, 5) is 26.4. The van der Waals surface area contributed by atoms with Crippen molar-refractivity contribution >= 4 is 11.7 Å². The van der Waals surface area contributed by atoms with Crippen LogP contribution in [0.5, 0.6) is 5.75 Å². The third-order valence-electron chi connectivity index (χ3n) is 3.58. The number of benzene rings is 2. The molecule has 0 fully saturated rings. The summed E-state index contributed by atoms with van der Waals surface area (Å²) in [6.07, 6.45) is 3.07. The molecule has 0 N–H and O–H groups in total. The highest BCUT2D eigenvalue weighted by Gasteiger charge is 2.13. The molecule has 0 saturated carbocycles. The molecule has 0 atom stereocenters. The molecular formula is C17H14N4O4. The van der Waals surface area contributed by atoms with Gasteiger partial charge in [0.2, 0.25) is 0 Å². The van der Waals surface area contributed by atoms with Crippen LogP contribution in [-0.2, 0) is 6.54 Å². The average molecular weight is 338 g/mol. The maximum absolute atomic E-state index is 12.2. The zero-order valence-corrected chi connectivity index (χ0v) is 13.3. The van der Waals surface area contributed by atoms with Crippen molar-refractivity contribution < 1.29 is 14.5 Å². The average Bonchev–Trinajstić information content (AvgIpc) is 3.08. The highest BCUT2D eigenvalue weighted by atomic mass is 16.6. The fourth-order valence-corrected chi connectivity index (χ4v) is 2.31. The molecule has 3 aromatic rings. The van der Waals surface area contributed by atoms with E-state index in [1.54, 1.807) is 42.2 Å². The number of hydrogen-bond acceptors (Lipinski definition) is 6. The monoisotopic (exact) mass is 338 g/mol. The first-order valence-corrected chi connectivity index (χ1v) is 7.41. The highest BCUT2D eigenvalue weighted by molar-refractivity contribution is 5.91. The first-order valence-electron chi connectivity index (χ1n) is 7.41. The lowest BCUT2D eigenvalue weighted by atomic mass is 10.1. The smallest absolute Gasteiger partial charge is 0.343 e. The van der Waals surface area contributed by atoms with Crippen molar-refractivity contribution in [3.63, 3.8) is 0 Å². The van der Waals surface area contributed by atoms with Gasteiger partial charge in [-0.3, -0.25) is 10.1 Å². The van der Waals surface area contributed by atoms with Gasteiger partial charge >= 0.3 is 5.97 Å². The van der Waals surface area contributed by atoms with Crippen LogP contribution in [0.25, 0.3) is 0 Å². The Hall–Kier alpha value is -3.55. The van der Waals surface area contributed by atoms with Gasteiger partial charge in [0.25, 0.3) is 5.69 Å². The summed E-state index contributed by atoms with van der Waals surface area (Å²) in [5.74, 6) is -0.264. The molecule has 8 heteroatoms. The minimum atomic E-state index is -0.527. The molecule has 25 heavy (non-hydrogen) atoms. The lowest BCUT2D eigenvalue weighted by molar-refractivity contribution is -0.385. The fraction of sp³-hybridized carbons (Fsp3) is 0.118. The van der Waals surface area contributed by atoms with E-state index in [-0.39, 0.29) is 11.4 Å². The quantitative estimate of drug-likeness (QED) is 0.307. The summed E-state index contributed by atoms with van der Waals surface area (Å²) in [5, 5.41) is 14.8. The van der Waals surface area contributed by atoms with E-state index in [1.807, 2.05) is 0 Å². The van der Waals surface area contributed by atoms with Gasteiger partial charge in [-0.25, -0.2) is 14.5 Å². The third kappa shape index (κ3) is 3.86. The summed E-state index contributed by atoms with van der Waals surface area (Å²) in [6, 6.07) is 11.1. The second kappa shape index (κ2) is 6.91. The maximum atomic E-state index is 12.2. The minimum Gasteiger partial charge on any atom is -0.423 e. The molecule has 0 saturated heterocycles. The van der Waals surface area contributed by atoms with Gasteiger partial charge in [-0.15, -0.1) is 0 Å². The molecule has 0 radical (unpaired) electrons. The Morgan fingerprint density at radius 2 is 2.00 bits per heavy atom. The molecule has 3 rings (SSSR count). The molecular weight excluding hydrogens is 324 g/mol. The molecule has 126 valence electrons. The normalized spacial score (nSPS) is 10.4. The van der Waals surface area contributed by atoms with E-state index in [2.05, 4.69) is 10.1 Å². The summed E-state index contributed by atoms with van der Waals surface area (Å²) >= 11 is 0. The second-order valence-corrected chi connectivity index (χ2v) is 5.38. The van der Waals surface area contributed by atoms with Crippen LogP contribution in [-0.4, -0.2) is 25.7 Å². The van der Waals surface area contributed by atoms with Crippen molar-refractivity contribution in [3.05, 3.63) is 81.9 Å². The number of aryl methyl sites for hydroxylation is 1. The van der Waals surface area contributed by atoms with Gasteiger partial charge in [0.15, 0.2) is 0 Å². The predicted molar refractivity (Wildman–Crippen MR) is 88.4 cm³/mol. The van der Waals surface area contributed by atoms with Gasteiger partial charge in [0.05, 0.1) is 17.0 Å². The van der Waals surface area contributed by atoms with Crippen molar-refractivity contribution in [2.75, 3.05) is 0 Å². The zero-order chi connectivity index (χ0) is 17.8. The number of nitro groups is 1. The molecule has 0 bridgehead atoms. The standard InChI is InChI=1S/C17H14N4O4/c1-12-8-15(6-7-16(12)21(23)24)25-17(22)14-4-2-13(3-5-14)9-20-11-18-10-19-20/h2-8,10-11H,9H2,1H3. The number of carbonyl (C=O) groups excluding carboxylic acids is 1. The Labute approximate surface area is 142 Å². The van der Waals surface area contributed by atoms with Crippen LogP contribution in [0.2, 0.25) is 0 Å². The Kier molecular flexibility index (Phi) is 4.51. The molecule has 8 nitrogen and oxygen atoms in total. The highest BCUT2D eigenvalue weighted by Crippen LogP contribution is 2.23. The molecule has 0 amide bonds. The van der Waals surface area contributed by atoms with Crippen molar-refractivity contribution in [1.82, 2.24) is 14.8 Å². The van der Waals surface area contributed by atoms with E-state index in [4.69, 9.17) is 4.74 Å². The van der Waals surface area contributed by atoms with E-state index in [9.17, 15) is 14.9 Å². The predicted octanol–water partition coefficient (Wildman–Crippen LogP) is 2.76. The number of nitro benzene ring substituents is 1. The molecule has 0 spiro atoms. The van der Waals surface area contributed by atoms with Gasteiger partial charge in [0.1, 0.15) is 18.4 Å². The number of rotatable bonds is 5. The third-order valence-corrected chi connectivity index (χ3v) is 3.58. The number of hydrogen-bond donors (Lipinski definition) is 0. The molecule has 0 aliphatic heterocycles. The number of esters is 1. The van der Waals surface area contributed by atoms with Gasteiger partial charge in [-0.1, -0.05) is 12.1 Å². The molecule has 1 aromatic heterocycles. The Balaban J connectivity index is 1.69. The summed E-state index contributed by atoms with van der Waals surface area (Å²) in [5.41, 5.74) is 1.77. The van der Waals surface area contributed by atoms with Gasteiger partial charge in [-0.2, -0.15) is 5.10 Å². The van der Waals surface area contributed by atoms with E-state index in [1.165, 1.54) is 24.5 Å². The maximum Gasteiger partial charge on any atom is 0.343 e. The van der Waals surface area contributed by atoms with Crippen molar-refractivity contribution in [2.24, 2.45) is 0 Å². The fourth-order valence-electron chi connectivity index (χ4n) is 2.31. The van der Waals surface area contributed by atoms with Gasteiger partial charge in [-0.05, 0) is 36.8 Å². The summed E-state index contributed by atoms with van der Waals surface area (Å²) in [7, 11) is 0. The minimum absolute atomic E-state index is 0.0164. The summed E-state index contributed by atoms with van der Waals surface area (Å²) < 4.78 is 6.95. The Morgan fingerprint density at radius 1 is 1.24 bits per heavy atom. The number of ether oxygens (including phenoxy) is 1. The van der Waals surface area contributed by atoms with Crippen LogP contribution in [0, 0.1) is 17.0 Å². The molecule has 0 aliphatic rings. The lowest BCUT2D eigenvalue weighted by Gasteiger charge is -2.06. The number of aromatic nitrogens is 3. The zero-order valence-electron chi connectivity index (χ0n) is 13.3.